The van der Waals surface area contributed by atoms with E-state index in [0.29, 0.717) is 5.92 Å². The summed E-state index contributed by atoms with van der Waals surface area (Å²) in [7, 11) is 0. The maximum Gasteiger partial charge on any atom is 0.303 e. The van der Waals surface area contributed by atoms with Gasteiger partial charge in [0.05, 0.1) is 12.5 Å². The van der Waals surface area contributed by atoms with E-state index in [2.05, 4.69) is 5.32 Å². The second-order valence-corrected chi connectivity index (χ2v) is 7.20. The van der Waals surface area contributed by atoms with Crippen LogP contribution in [0.15, 0.2) is 24.3 Å². The molecule has 0 heterocycles. The third kappa shape index (κ3) is 5.05. The lowest BCUT2D eigenvalue weighted by Crippen LogP contribution is -2.38. The fourth-order valence-corrected chi connectivity index (χ4v) is 3.05. The quantitative estimate of drug-likeness (QED) is 0.805. The molecular formula is C18H24FNO3. The average Bonchev–Trinajstić information content (AvgIpc) is 2.34. The zero-order valence-corrected chi connectivity index (χ0v) is 13.6. The van der Waals surface area contributed by atoms with Crippen molar-refractivity contribution in [1.29, 1.82) is 0 Å². The number of carbonyl (C=O) groups excluding carboxylic acids is 1. The van der Waals surface area contributed by atoms with E-state index in [1.165, 1.54) is 12.1 Å². The number of amides is 1. The molecule has 1 amide bonds. The molecule has 1 aliphatic carbocycles. The molecule has 1 saturated carbocycles. The number of carbonyl (C=O) groups is 2. The number of aliphatic carboxylic acids is 1. The van der Waals surface area contributed by atoms with E-state index in [4.69, 9.17) is 5.11 Å². The Morgan fingerprint density at radius 1 is 1.26 bits per heavy atom. The highest BCUT2D eigenvalue weighted by Gasteiger charge is 2.32. The van der Waals surface area contributed by atoms with Gasteiger partial charge in [-0.2, -0.15) is 0 Å². The van der Waals surface area contributed by atoms with Crippen LogP contribution < -0.4 is 5.32 Å². The van der Waals surface area contributed by atoms with Crippen molar-refractivity contribution in [3.63, 3.8) is 0 Å². The van der Waals surface area contributed by atoms with Crippen LogP contribution in [0.3, 0.4) is 0 Å². The van der Waals surface area contributed by atoms with Gasteiger partial charge in [-0.25, -0.2) is 4.39 Å². The van der Waals surface area contributed by atoms with Crippen LogP contribution in [-0.4, -0.2) is 17.0 Å². The Labute approximate surface area is 136 Å². The van der Waals surface area contributed by atoms with Crippen LogP contribution >= 0.6 is 0 Å². The van der Waals surface area contributed by atoms with Crippen molar-refractivity contribution in [3.8, 4) is 0 Å². The van der Waals surface area contributed by atoms with Crippen LogP contribution in [0.4, 0.5) is 4.39 Å². The predicted molar refractivity (Wildman–Crippen MR) is 85.3 cm³/mol. The van der Waals surface area contributed by atoms with Crippen molar-refractivity contribution in [3.05, 3.63) is 35.6 Å². The molecule has 1 aliphatic rings. The van der Waals surface area contributed by atoms with Crippen LogP contribution in [0, 0.1) is 17.2 Å². The van der Waals surface area contributed by atoms with E-state index in [1.807, 2.05) is 0 Å². The maximum atomic E-state index is 13.1. The summed E-state index contributed by atoms with van der Waals surface area (Å²) in [4.78, 5) is 23.2. The van der Waals surface area contributed by atoms with E-state index in [9.17, 15) is 14.0 Å². The van der Waals surface area contributed by atoms with E-state index in [1.54, 1.807) is 26.0 Å². The van der Waals surface area contributed by atoms with Gasteiger partial charge in [0.2, 0.25) is 5.91 Å². The summed E-state index contributed by atoms with van der Waals surface area (Å²) in [5.74, 6) is -0.989. The minimum atomic E-state index is -0.906. The topological polar surface area (TPSA) is 66.4 Å². The first-order valence-corrected chi connectivity index (χ1v) is 8.03. The van der Waals surface area contributed by atoms with Gasteiger partial charge in [-0.15, -0.1) is 0 Å². The van der Waals surface area contributed by atoms with Crippen LogP contribution in [0.5, 0.6) is 0 Å². The molecule has 2 N–H and O–H groups in total. The number of benzene rings is 1. The number of hydrogen-bond acceptors (Lipinski definition) is 2. The third-order valence-electron chi connectivity index (χ3n) is 4.44. The molecule has 126 valence electrons. The predicted octanol–water partition coefficient (Wildman–Crippen LogP) is 3.67. The molecule has 0 aliphatic heterocycles. The maximum absolute atomic E-state index is 13.1. The molecule has 2 rings (SSSR count). The molecule has 0 aromatic heterocycles. The van der Waals surface area contributed by atoms with Crippen LogP contribution in [-0.2, 0) is 9.59 Å². The lowest BCUT2D eigenvalue weighted by molar-refractivity contribution is -0.139. The van der Waals surface area contributed by atoms with Gasteiger partial charge < -0.3 is 10.4 Å². The summed E-state index contributed by atoms with van der Waals surface area (Å²) >= 11 is 0. The first-order valence-electron chi connectivity index (χ1n) is 8.03. The summed E-state index contributed by atoms with van der Waals surface area (Å²) in [6.07, 6.45) is 3.33. The Hall–Kier alpha value is -1.91. The molecular weight excluding hydrogens is 297 g/mol. The van der Waals surface area contributed by atoms with Gasteiger partial charge >= 0.3 is 5.97 Å². The fourth-order valence-electron chi connectivity index (χ4n) is 3.05. The number of carboxylic acids is 1. The first kappa shape index (κ1) is 17.4. The Morgan fingerprint density at radius 3 is 2.35 bits per heavy atom. The number of rotatable bonds is 7. The summed E-state index contributed by atoms with van der Waals surface area (Å²) in [5, 5.41) is 11.9. The summed E-state index contributed by atoms with van der Waals surface area (Å²) < 4.78 is 13.1. The fraction of sp³-hybridized carbons (Fsp3) is 0.556. The van der Waals surface area contributed by atoms with E-state index in [0.717, 1.165) is 24.8 Å². The Kier molecular flexibility index (Phi) is 5.39. The van der Waals surface area contributed by atoms with Gasteiger partial charge in [-0.1, -0.05) is 32.4 Å². The highest BCUT2D eigenvalue weighted by atomic mass is 19.1. The van der Waals surface area contributed by atoms with Crippen molar-refractivity contribution in [2.45, 2.75) is 52.0 Å². The minimum Gasteiger partial charge on any atom is -0.481 e. The molecule has 0 saturated heterocycles. The van der Waals surface area contributed by atoms with Crippen molar-refractivity contribution < 1.29 is 19.1 Å². The molecule has 5 heteroatoms. The molecule has 0 radical (unpaired) electrons. The Bertz CT molecular complexity index is 564. The summed E-state index contributed by atoms with van der Waals surface area (Å²) in [5.41, 5.74) is 0.309. The van der Waals surface area contributed by atoms with E-state index < -0.39 is 11.4 Å². The lowest BCUT2D eigenvalue weighted by atomic mass is 9.77. The molecule has 0 spiro atoms. The van der Waals surface area contributed by atoms with Gasteiger partial charge in [0.1, 0.15) is 5.82 Å². The van der Waals surface area contributed by atoms with Crippen molar-refractivity contribution in [1.82, 2.24) is 5.32 Å². The van der Waals surface area contributed by atoms with Gasteiger partial charge in [0.15, 0.2) is 0 Å². The van der Waals surface area contributed by atoms with Crippen LogP contribution in [0.25, 0.3) is 0 Å². The molecule has 0 bridgehead atoms. The molecule has 1 fully saturated rings. The highest BCUT2D eigenvalue weighted by Crippen LogP contribution is 2.38. The molecule has 23 heavy (non-hydrogen) atoms. The van der Waals surface area contributed by atoms with Gasteiger partial charge in [-0.3, -0.25) is 9.59 Å². The number of hydrogen-bond donors (Lipinski definition) is 2. The molecule has 1 aromatic carbocycles. The number of halogens is 1. The molecule has 1 atom stereocenters. The smallest absolute Gasteiger partial charge is 0.303 e. The lowest BCUT2D eigenvalue weighted by Gasteiger charge is -2.35. The van der Waals surface area contributed by atoms with Crippen LogP contribution in [0.1, 0.15) is 57.6 Å². The summed E-state index contributed by atoms with van der Waals surface area (Å²) in [6.45, 7) is 3.55. The normalized spacial score (nSPS) is 16.5. The standard InChI is InChI=1S/C18H24FNO3/c1-18(2,11-16(22)23)10-15(21)20-17(12-4-3-5-12)13-6-8-14(19)9-7-13/h6-9,12,17H,3-5,10-11H2,1-2H3,(H,20,21)(H,22,23). The molecule has 4 nitrogen and oxygen atoms in total. The highest BCUT2D eigenvalue weighted by molar-refractivity contribution is 5.78. The van der Waals surface area contributed by atoms with Crippen molar-refractivity contribution >= 4 is 11.9 Å². The zero-order valence-electron chi connectivity index (χ0n) is 13.6. The molecule has 1 aromatic rings. The van der Waals surface area contributed by atoms with Crippen LogP contribution in [0.2, 0.25) is 0 Å². The molecule has 1 unspecified atom stereocenters. The monoisotopic (exact) mass is 321 g/mol. The van der Waals surface area contributed by atoms with Gasteiger partial charge in [0, 0.05) is 6.42 Å². The van der Waals surface area contributed by atoms with Gasteiger partial charge in [0.25, 0.3) is 0 Å². The number of carboxylic acid groups (broad SMARTS) is 1. The van der Waals surface area contributed by atoms with Crippen molar-refractivity contribution in [2.75, 3.05) is 0 Å². The second-order valence-electron chi connectivity index (χ2n) is 7.20. The second kappa shape index (κ2) is 7.11. The van der Waals surface area contributed by atoms with E-state index in [-0.39, 0.29) is 30.6 Å². The summed E-state index contributed by atoms with van der Waals surface area (Å²) in [6, 6.07) is 6.10. The SMILES string of the molecule is CC(C)(CC(=O)O)CC(=O)NC(c1ccc(F)cc1)C1CCC1. The Balaban J connectivity index is 2.04. The minimum absolute atomic E-state index is 0.0505. The Morgan fingerprint density at radius 2 is 1.87 bits per heavy atom. The third-order valence-corrected chi connectivity index (χ3v) is 4.44. The first-order chi connectivity index (χ1) is 10.8. The van der Waals surface area contributed by atoms with E-state index >= 15 is 0 Å². The number of nitrogens with one attached hydrogen (secondary N) is 1. The van der Waals surface area contributed by atoms with Crippen molar-refractivity contribution in [2.24, 2.45) is 11.3 Å². The largest absolute Gasteiger partial charge is 0.481 e. The van der Waals surface area contributed by atoms with Gasteiger partial charge in [-0.05, 0) is 41.9 Å². The zero-order chi connectivity index (χ0) is 17.0. The average molecular weight is 321 g/mol.